The lowest BCUT2D eigenvalue weighted by molar-refractivity contribution is -0.119. The van der Waals surface area contributed by atoms with Gasteiger partial charge in [-0.1, -0.05) is 67.2 Å². The van der Waals surface area contributed by atoms with Crippen LogP contribution in [0.1, 0.15) is 92.9 Å². The molecule has 3 rings (SSSR count). The minimum atomic E-state index is -1.29. The molecule has 3 aliphatic rings. The highest BCUT2D eigenvalue weighted by Crippen LogP contribution is 2.71. The Morgan fingerprint density at radius 3 is 2.32 bits per heavy atom. The van der Waals surface area contributed by atoms with Gasteiger partial charge in [0.25, 0.3) is 0 Å². The lowest BCUT2D eigenvalue weighted by Crippen LogP contribution is -2.57. The van der Waals surface area contributed by atoms with Crippen molar-refractivity contribution in [2.75, 3.05) is 14.2 Å². The summed E-state index contributed by atoms with van der Waals surface area (Å²) < 4.78 is 27.8. The number of allylic oxidation sites excluding steroid dienone is 2. The predicted octanol–water partition coefficient (Wildman–Crippen LogP) is 6.96. The van der Waals surface area contributed by atoms with E-state index in [9.17, 15) is 5.11 Å². The number of halogens is 1. The van der Waals surface area contributed by atoms with Gasteiger partial charge < -0.3 is 14.6 Å². The predicted molar refractivity (Wildman–Crippen MR) is 124 cm³/mol. The molecule has 2 saturated carbocycles. The SMILES string of the molecule is CCCCCCC(C)(C)C1C=C(OC)C([C@]2(O)C3(C)CCC(C3)C2(C)C)=C(OC)C1F. The van der Waals surface area contributed by atoms with Crippen LogP contribution in [0.5, 0.6) is 0 Å². The molecule has 0 aromatic carbocycles. The molecule has 0 aromatic heterocycles. The quantitative estimate of drug-likeness (QED) is 0.397. The van der Waals surface area contributed by atoms with Crippen molar-refractivity contribution < 1.29 is 19.0 Å². The van der Waals surface area contributed by atoms with E-state index in [4.69, 9.17) is 9.47 Å². The molecule has 178 valence electrons. The fraction of sp³-hybridized carbons (Fsp3) is 0.852. The highest BCUT2D eigenvalue weighted by atomic mass is 19.1. The minimum absolute atomic E-state index is 0.233. The highest BCUT2D eigenvalue weighted by molar-refractivity contribution is 5.48. The van der Waals surface area contributed by atoms with E-state index in [2.05, 4.69) is 41.5 Å². The monoisotopic (exact) mass is 436 g/mol. The third-order valence-corrected chi connectivity index (χ3v) is 9.34. The van der Waals surface area contributed by atoms with Crippen molar-refractivity contribution in [2.24, 2.45) is 28.1 Å². The zero-order valence-electron chi connectivity index (χ0n) is 21.1. The largest absolute Gasteiger partial charge is 0.497 e. The molecule has 3 nitrogen and oxygen atoms in total. The molecule has 0 aliphatic heterocycles. The summed E-state index contributed by atoms with van der Waals surface area (Å²) in [5.74, 6) is 0.940. The van der Waals surface area contributed by atoms with Crippen LogP contribution in [0.3, 0.4) is 0 Å². The first-order valence-corrected chi connectivity index (χ1v) is 12.3. The summed E-state index contributed by atoms with van der Waals surface area (Å²) in [4.78, 5) is 0. The second-order valence-corrected chi connectivity index (χ2v) is 11.8. The van der Waals surface area contributed by atoms with Gasteiger partial charge in [-0.05, 0) is 43.1 Å². The molecule has 3 aliphatic carbocycles. The third kappa shape index (κ3) is 3.56. The average Bonchev–Trinajstić information content (AvgIpc) is 3.19. The fourth-order valence-electron chi connectivity index (χ4n) is 7.17. The summed E-state index contributed by atoms with van der Waals surface area (Å²) in [7, 11) is 3.17. The standard InChI is InChI=1S/C27H45FO3/c1-9-10-11-12-14-24(2,3)19-16-20(30-7)21(23(31-8)22(19)28)27(29)25(4,5)18-13-15-26(27,6)17-18/h16,18-19,22,29H,9-15,17H2,1-8H3/t18?,19?,22?,26?,27-/m1/s1. The maximum Gasteiger partial charge on any atom is 0.164 e. The summed E-state index contributed by atoms with van der Waals surface area (Å²) in [6, 6.07) is 0. The van der Waals surface area contributed by atoms with E-state index >= 15 is 4.39 Å². The second kappa shape index (κ2) is 8.39. The summed E-state index contributed by atoms with van der Waals surface area (Å²) in [5.41, 5.74) is -1.55. The lowest BCUT2D eigenvalue weighted by atomic mass is 9.55. The van der Waals surface area contributed by atoms with Crippen molar-refractivity contribution in [1.82, 2.24) is 0 Å². The first-order chi connectivity index (χ1) is 14.4. The summed E-state index contributed by atoms with van der Waals surface area (Å²) in [6.45, 7) is 12.9. The van der Waals surface area contributed by atoms with Gasteiger partial charge in [-0.2, -0.15) is 0 Å². The first-order valence-electron chi connectivity index (χ1n) is 12.3. The molecule has 4 unspecified atom stereocenters. The van der Waals surface area contributed by atoms with E-state index in [-0.39, 0.29) is 27.9 Å². The Hall–Kier alpha value is -1.03. The Morgan fingerprint density at radius 2 is 1.81 bits per heavy atom. The molecule has 1 N–H and O–H groups in total. The molecule has 0 aromatic rings. The van der Waals surface area contributed by atoms with E-state index in [1.54, 1.807) is 7.11 Å². The fourth-order valence-corrected chi connectivity index (χ4v) is 7.17. The van der Waals surface area contributed by atoms with E-state index in [1.807, 2.05) is 6.08 Å². The Bertz CT molecular complexity index is 730. The maximum atomic E-state index is 16.2. The smallest absolute Gasteiger partial charge is 0.164 e. The zero-order valence-corrected chi connectivity index (χ0v) is 21.1. The van der Waals surface area contributed by atoms with Crippen molar-refractivity contribution in [3.05, 3.63) is 23.2 Å². The highest BCUT2D eigenvalue weighted by Gasteiger charge is 2.71. The third-order valence-electron chi connectivity index (χ3n) is 9.34. The van der Waals surface area contributed by atoms with Crippen molar-refractivity contribution in [3.63, 3.8) is 0 Å². The van der Waals surface area contributed by atoms with Crippen LogP contribution in [-0.4, -0.2) is 31.1 Å². The zero-order chi connectivity index (χ0) is 23.2. The molecule has 2 fully saturated rings. The Labute approximate surface area is 189 Å². The molecule has 0 saturated heterocycles. The normalized spacial score (nSPS) is 37.2. The summed E-state index contributed by atoms with van der Waals surface area (Å²) in [6.07, 6.45) is 9.30. The van der Waals surface area contributed by atoms with Crippen molar-refractivity contribution in [3.8, 4) is 0 Å². The average molecular weight is 437 g/mol. The van der Waals surface area contributed by atoms with Gasteiger partial charge in [0.15, 0.2) is 6.17 Å². The molecule has 5 atom stereocenters. The van der Waals surface area contributed by atoms with Crippen LogP contribution < -0.4 is 0 Å². The molecule has 0 radical (unpaired) electrons. The second-order valence-electron chi connectivity index (χ2n) is 11.8. The van der Waals surface area contributed by atoms with Gasteiger partial charge in [0.05, 0.1) is 19.8 Å². The van der Waals surface area contributed by atoms with Crippen LogP contribution in [0.25, 0.3) is 0 Å². The molecule has 0 amide bonds. The molecular formula is C27H45FO3. The Morgan fingerprint density at radius 1 is 1.13 bits per heavy atom. The van der Waals surface area contributed by atoms with Crippen LogP contribution in [0.2, 0.25) is 0 Å². The van der Waals surface area contributed by atoms with Crippen molar-refractivity contribution in [1.29, 1.82) is 0 Å². The topological polar surface area (TPSA) is 38.7 Å². The van der Waals surface area contributed by atoms with E-state index < -0.39 is 11.8 Å². The van der Waals surface area contributed by atoms with Crippen LogP contribution in [0.4, 0.5) is 4.39 Å². The van der Waals surface area contributed by atoms with Crippen molar-refractivity contribution in [2.45, 2.75) is 105 Å². The number of hydrogen-bond donors (Lipinski definition) is 1. The van der Waals surface area contributed by atoms with Crippen LogP contribution in [-0.2, 0) is 9.47 Å². The number of hydrogen-bond acceptors (Lipinski definition) is 3. The van der Waals surface area contributed by atoms with Gasteiger partial charge in [0.2, 0.25) is 0 Å². The number of methoxy groups -OCH3 is 2. The van der Waals surface area contributed by atoms with Gasteiger partial charge in [0, 0.05) is 16.7 Å². The number of aliphatic hydroxyl groups is 1. The van der Waals surface area contributed by atoms with Gasteiger partial charge in [-0.15, -0.1) is 0 Å². The summed E-state index contributed by atoms with van der Waals surface area (Å²) >= 11 is 0. The number of rotatable bonds is 9. The molecule has 2 bridgehead atoms. The molecule has 4 heteroatoms. The van der Waals surface area contributed by atoms with Crippen molar-refractivity contribution >= 4 is 0 Å². The molecular weight excluding hydrogens is 391 g/mol. The van der Waals surface area contributed by atoms with Gasteiger partial charge in [-0.3, -0.25) is 0 Å². The number of alkyl halides is 1. The van der Waals surface area contributed by atoms with Gasteiger partial charge >= 0.3 is 0 Å². The first kappa shape index (κ1) is 24.6. The molecule has 0 spiro atoms. The van der Waals surface area contributed by atoms with Crippen LogP contribution in [0.15, 0.2) is 23.2 Å². The maximum absolute atomic E-state index is 16.2. The van der Waals surface area contributed by atoms with Crippen LogP contribution in [0, 0.1) is 28.1 Å². The number of fused-ring (bicyclic) bond motifs is 2. The van der Waals surface area contributed by atoms with Gasteiger partial charge in [-0.25, -0.2) is 4.39 Å². The Kier molecular flexibility index (Phi) is 6.66. The number of unbranched alkanes of at least 4 members (excludes halogenated alkanes) is 3. The minimum Gasteiger partial charge on any atom is -0.497 e. The molecule has 0 heterocycles. The Balaban J connectivity index is 2.03. The lowest BCUT2D eigenvalue weighted by Gasteiger charge is -2.53. The van der Waals surface area contributed by atoms with Crippen LogP contribution >= 0.6 is 0 Å². The van der Waals surface area contributed by atoms with E-state index in [0.29, 0.717) is 17.3 Å². The number of ether oxygens (including phenoxy) is 2. The summed E-state index contributed by atoms with van der Waals surface area (Å²) in [5, 5.41) is 12.4. The van der Waals surface area contributed by atoms with E-state index in [1.165, 1.54) is 26.4 Å². The van der Waals surface area contributed by atoms with Gasteiger partial charge in [0.1, 0.15) is 17.1 Å². The molecule has 31 heavy (non-hydrogen) atoms. The van der Waals surface area contributed by atoms with E-state index in [0.717, 1.165) is 32.1 Å².